The molecule has 2 atom stereocenters. The second-order valence-electron chi connectivity index (χ2n) is 3.31. The van der Waals surface area contributed by atoms with Crippen LogP contribution in [0.5, 0.6) is 0 Å². The zero-order valence-electron chi connectivity index (χ0n) is 9.87. The SMILES string of the molecule is C#CC(CC)NCC(NC(C)=O)C(=O)OC. The van der Waals surface area contributed by atoms with E-state index >= 15 is 0 Å². The van der Waals surface area contributed by atoms with Gasteiger partial charge < -0.3 is 15.4 Å². The highest BCUT2D eigenvalue weighted by Crippen LogP contribution is 1.91. The van der Waals surface area contributed by atoms with Gasteiger partial charge in [-0.15, -0.1) is 6.42 Å². The van der Waals surface area contributed by atoms with Crippen molar-refractivity contribution in [2.45, 2.75) is 32.4 Å². The van der Waals surface area contributed by atoms with Crippen molar-refractivity contribution in [3.8, 4) is 12.3 Å². The number of nitrogens with one attached hydrogen (secondary N) is 2. The maximum Gasteiger partial charge on any atom is 0.329 e. The third-order valence-electron chi connectivity index (χ3n) is 2.04. The summed E-state index contributed by atoms with van der Waals surface area (Å²) in [4.78, 5) is 22.2. The fourth-order valence-corrected chi connectivity index (χ4v) is 1.16. The molecule has 16 heavy (non-hydrogen) atoms. The van der Waals surface area contributed by atoms with Gasteiger partial charge in [-0.3, -0.25) is 4.79 Å². The van der Waals surface area contributed by atoms with Gasteiger partial charge in [-0.2, -0.15) is 0 Å². The molecule has 0 heterocycles. The van der Waals surface area contributed by atoms with Gasteiger partial charge in [0.2, 0.25) is 5.91 Å². The summed E-state index contributed by atoms with van der Waals surface area (Å²) in [5, 5.41) is 5.48. The molecular weight excluding hydrogens is 208 g/mol. The molecule has 0 radical (unpaired) electrons. The molecule has 0 aliphatic heterocycles. The molecule has 0 rings (SSSR count). The van der Waals surface area contributed by atoms with Crippen molar-refractivity contribution in [2.75, 3.05) is 13.7 Å². The largest absolute Gasteiger partial charge is 0.467 e. The van der Waals surface area contributed by atoms with Crippen LogP contribution < -0.4 is 10.6 Å². The highest BCUT2D eigenvalue weighted by Gasteiger charge is 2.20. The third kappa shape index (κ3) is 5.37. The van der Waals surface area contributed by atoms with Gasteiger partial charge >= 0.3 is 5.97 Å². The van der Waals surface area contributed by atoms with E-state index in [9.17, 15) is 9.59 Å². The van der Waals surface area contributed by atoms with E-state index in [2.05, 4.69) is 21.3 Å². The molecule has 0 aliphatic rings. The normalized spacial score (nSPS) is 13.4. The van der Waals surface area contributed by atoms with Crippen LogP contribution in [0.3, 0.4) is 0 Å². The minimum Gasteiger partial charge on any atom is -0.467 e. The Labute approximate surface area is 95.9 Å². The van der Waals surface area contributed by atoms with Crippen LogP contribution in [0.1, 0.15) is 20.3 Å². The van der Waals surface area contributed by atoms with Gasteiger partial charge in [0.15, 0.2) is 0 Å². The molecule has 1 amide bonds. The van der Waals surface area contributed by atoms with Crippen LogP contribution in [0, 0.1) is 12.3 Å². The molecular formula is C11H18N2O3. The summed E-state index contributed by atoms with van der Waals surface area (Å²) in [5.74, 6) is 1.76. The van der Waals surface area contributed by atoms with Gasteiger partial charge in [-0.25, -0.2) is 4.79 Å². The Morgan fingerprint density at radius 1 is 1.50 bits per heavy atom. The van der Waals surface area contributed by atoms with E-state index in [0.29, 0.717) is 0 Å². The number of rotatable bonds is 6. The van der Waals surface area contributed by atoms with E-state index in [1.165, 1.54) is 14.0 Å². The lowest BCUT2D eigenvalue weighted by Gasteiger charge is -2.18. The second kappa shape index (κ2) is 7.71. The number of amides is 1. The molecule has 0 aromatic rings. The maximum absolute atomic E-state index is 11.3. The van der Waals surface area contributed by atoms with Crippen molar-refractivity contribution in [3.63, 3.8) is 0 Å². The molecule has 90 valence electrons. The highest BCUT2D eigenvalue weighted by atomic mass is 16.5. The first-order valence-corrected chi connectivity index (χ1v) is 5.09. The fourth-order valence-electron chi connectivity index (χ4n) is 1.16. The van der Waals surface area contributed by atoms with Crippen LogP contribution in [0.2, 0.25) is 0 Å². The summed E-state index contributed by atoms with van der Waals surface area (Å²) in [5.41, 5.74) is 0. The maximum atomic E-state index is 11.3. The van der Waals surface area contributed by atoms with E-state index in [1.807, 2.05) is 6.92 Å². The zero-order chi connectivity index (χ0) is 12.6. The number of carbonyl (C=O) groups excluding carboxylic acids is 2. The first kappa shape index (κ1) is 14.5. The van der Waals surface area contributed by atoms with Crippen LogP contribution in [-0.2, 0) is 14.3 Å². The minimum absolute atomic E-state index is 0.110. The van der Waals surface area contributed by atoms with Gasteiger partial charge in [0.1, 0.15) is 6.04 Å². The van der Waals surface area contributed by atoms with E-state index in [4.69, 9.17) is 6.42 Å². The summed E-state index contributed by atoms with van der Waals surface area (Å²) >= 11 is 0. The smallest absolute Gasteiger partial charge is 0.329 e. The van der Waals surface area contributed by atoms with Crippen LogP contribution in [0.4, 0.5) is 0 Å². The Morgan fingerprint density at radius 2 is 2.12 bits per heavy atom. The third-order valence-corrected chi connectivity index (χ3v) is 2.04. The van der Waals surface area contributed by atoms with E-state index in [1.54, 1.807) is 0 Å². The summed E-state index contributed by atoms with van der Waals surface area (Å²) in [6.45, 7) is 3.53. The minimum atomic E-state index is -0.704. The molecule has 0 saturated carbocycles. The summed E-state index contributed by atoms with van der Waals surface area (Å²) in [6, 6.07) is -0.814. The standard InChI is InChI=1S/C11H18N2O3/c1-5-9(6-2)12-7-10(11(15)16-4)13-8(3)14/h1,9-10,12H,6-7H2,2-4H3,(H,13,14). The van der Waals surface area contributed by atoms with E-state index in [0.717, 1.165) is 6.42 Å². The Morgan fingerprint density at radius 3 is 2.50 bits per heavy atom. The van der Waals surface area contributed by atoms with Gasteiger partial charge in [0.25, 0.3) is 0 Å². The number of hydrogen-bond donors (Lipinski definition) is 2. The molecule has 5 heteroatoms. The molecule has 0 spiro atoms. The average molecular weight is 226 g/mol. The molecule has 5 nitrogen and oxygen atoms in total. The molecule has 2 N–H and O–H groups in total. The van der Waals surface area contributed by atoms with Crippen molar-refractivity contribution in [1.29, 1.82) is 0 Å². The van der Waals surface area contributed by atoms with Crippen molar-refractivity contribution in [3.05, 3.63) is 0 Å². The van der Waals surface area contributed by atoms with Crippen LogP contribution in [0.25, 0.3) is 0 Å². The number of esters is 1. The topological polar surface area (TPSA) is 67.4 Å². The fraction of sp³-hybridized carbons (Fsp3) is 0.636. The molecule has 0 aromatic heterocycles. The van der Waals surface area contributed by atoms with Crippen molar-refractivity contribution < 1.29 is 14.3 Å². The number of carbonyl (C=O) groups is 2. The summed E-state index contributed by atoms with van der Waals surface area (Å²) < 4.78 is 4.57. The lowest BCUT2D eigenvalue weighted by molar-refractivity contribution is -0.144. The molecule has 0 fully saturated rings. The van der Waals surface area contributed by atoms with Crippen molar-refractivity contribution in [2.24, 2.45) is 0 Å². The monoisotopic (exact) mass is 226 g/mol. The highest BCUT2D eigenvalue weighted by molar-refractivity contribution is 5.83. The Kier molecular flexibility index (Phi) is 6.97. The first-order chi connectivity index (χ1) is 7.54. The van der Waals surface area contributed by atoms with Crippen LogP contribution in [0.15, 0.2) is 0 Å². The number of methoxy groups -OCH3 is 1. The Balaban J connectivity index is 4.27. The van der Waals surface area contributed by atoms with Crippen molar-refractivity contribution in [1.82, 2.24) is 10.6 Å². The Bertz CT molecular complexity index is 283. The Hall–Kier alpha value is -1.54. The predicted molar refractivity (Wildman–Crippen MR) is 60.5 cm³/mol. The predicted octanol–water partition coefficient (Wildman–Crippen LogP) is -0.334. The van der Waals surface area contributed by atoms with Gasteiger partial charge in [-0.1, -0.05) is 12.8 Å². The second-order valence-corrected chi connectivity index (χ2v) is 3.31. The zero-order valence-corrected chi connectivity index (χ0v) is 9.87. The number of ether oxygens (including phenoxy) is 1. The lowest BCUT2D eigenvalue weighted by atomic mass is 10.2. The summed E-state index contributed by atoms with van der Waals surface area (Å²) in [7, 11) is 1.27. The van der Waals surface area contributed by atoms with Crippen LogP contribution >= 0.6 is 0 Å². The number of hydrogen-bond acceptors (Lipinski definition) is 4. The molecule has 0 aromatic carbocycles. The van der Waals surface area contributed by atoms with Gasteiger partial charge in [0.05, 0.1) is 13.2 Å². The molecule has 0 saturated heterocycles. The molecule has 0 aliphatic carbocycles. The van der Waals surface area contributed by atoms with E-state index in [-0.39, 0.29) is 18.5 Å². The van der Waals surface area contributed by atoms with E-state index < -0.39 is 12.0 Å². The lowest BCUT2D eigenvalue weighted by Crippen LogP contribution is -2.48. The van der Waals surface area contributed by atoms with Crippen molar-refractivity contribution >= 4 is 11.9 Å². The van der Waals surface area contributed by atoms with Crippen LogP contribution in [-0.4, -0.2) is 37.6 Å². The van der Waals surface area contributed by atoms with Gasteiger partial charge in [0, 0.05) is 13.5 Å². The summed E-state index contributed by atoms with van der Waals surface area (Å²) in [6.07, 6.45) is 6.02. The molecule has 0 bridgehead atoms. The van der Waals surface area contributed by atoms with Gasteiger partial charge in [-0.05, 0) is 6.42 Å². The average Bonchev–Trinajstić information content (AvgIpc) is 2.27. The first-order valence-electron chi connectivity index (χ1n) is 5.09. The molecule has 2 unspecified atom stereocenters. The number of terminal acetylenes is 1. The quantitative estimate of drug-likeness (QED) is 0.480.